The average molecular weight is 429 g/mol. The summed E-state index contributed by atoms with van der Waals surface area (Å²) in [6.45, 7) is 6.40. The fourth-order valence-electron chi connectivity index (χ4n) is 3.14. The Hall–Kier alpha value is -2.49. The second-order valence-electron chi connectivity index (χ2n) is 7.74. The lowest BCUT2D eigenvalue weighted by atomic mass is 10.1. The van der Waals surface area contributed by atoms with E-state index in [2.05, 4.69) is 10.2 Å². The molecule has 2 aromatic rings. The van der Waals surface area contributed by atoms with Crippen LogP contribution in [0.25, 0.3) is 6.08 Å². The number of sulfone groups is 1. The third kappa shape index (κ3) is 3.50. The number of anilines is 2. The molecule has 0 atom stereocenters. The summed E-state index contributed by atoms with van der Waals surface area (Å²) in [6, 6.07) is 3.02. The molecule has 1 N–H and O–H groups in total. The number of fused-ring (bicyclic) bond motifs is 1. The van der Waals surface area contributed by atoms with E-state index >= 15 is 0 Å². The number of aromatic amines is 1. The van der Waals surface area contributed by atoms with E-state index in [1.165, 1.54) is 26.2 Å². The van der Waals surface area contributed by atoms with Crippen LogP contribution in [0.4, 0.5) is 24.7 Å². The number of methoxy groups -OCH3 is 1. The van der Waals surface area contributed by atoms with E-state index in [1.807, 2.05) is 0 Å². The van der Waals surface area contributed by atoms with Gasteiger partial charge in [-0.2, -0.15) is 18.3 Å². The predicted octanol–water partition coefficient (Wildman–Crippen LogP) is 4.48. The van der Waals surface area contributed by atoms with E-state index in [1.54, 1.807) is 37.8 Å². The zero-order chi connectivity index (χ0) is 21.8. The Morgan fingerprint density at radius 3 is 2.38 bits per heavy atom. The second kappa shape index (κ2) is 6.79. The molecule has 3 rings (SSSR count). The Bertz CT molecular complexity index is 1080. The van der Waals surface area contributed by atoms with Crippen molar-refractivity contribution in [2.75, 3.05) is 18.6 Å². The lowest BCUT2D eigenvalue weighted by Gasteiger charge is -2.29. The van der Waals surface area contributed by atoms with E-state index in [0.717, 1.165) is 0 Å². The van der Waals surface area contributed by atoms with Crippen LogP contribution in [0.1, 0.15) is 37.6 Å². The Labute approximate surface area is 167 Å². The van der Waals surface area contributed by atoms with Crippen LogP contribution in [-0.4, -0.2) is 37.0 Å². The van der Waals surface area contributed by atoms with Crippen molar-refractivity contribution in [3.63, 3.8) is 0 Å². The molecule has 0 saturated carbocycles. The first-order valence-electron chi connectivity index (χ1n) is 8.82. The van der Waals surface area contributed by atoms with Crippen molar-refractivity contribution in [1.29, 1.82) is 0 Å². The molecule has 1 aliphatic heterocycles. The lowest BCUT2D eigenvalue weighted by molar-refractivity contribution is -0.141. The molecule has 10 heteroatoms. The lowest BCUT2D eigenvalue weighted by Crippen LogP contribution is -2.29. The maximum absolute atomic E-state index is 13.1. The van der Waals surface area contributed by atoms with Gasteiger partial charge in [0, 0.05) is 18.2 Å². The highest BCUT2D eigenvalue weighted by molar-refractivity contribution is 7.92. The SMILES string of the molecule is COc1cc2c(cc1S(=O)(=O)C(C)(C)C)C=CCN2c1n[nH]c(C(F)(F)F)c1C. The summed E-state index contributed by atoms with van der Waals surface area (Å²) >= 11 is 0. The minimum atomic E-state index is -4.55. The van der Waals surface area contributed by atoms with Gasteiger partial charge in [0.25, 0.3) is 0 Å². The molecule has 0 bridgehead atoms. The summed E-state index contributed by atoms with van der Waals surface area (Å²) in [7, 11) is -2.35. The van der Waals surface area contributed by atoms with E-state index in [0.29, 0.717) is 11.3 Å². The van der Waals surface area contributed by atoms with Crippen LogP contribution in [0.15, 0.2) is 23.1 Å². The maximum Gasteiger partial charge on any atom is 0.433 e. The van der Waals surface area contributed by atoms with Gasteiger partial charge in [-0.3, -0.25) is 5.10 Å². The number of halogens is 3. The van der Waals surface area contributed by atoms with Crippen molar-refractivity contribution in [1.82, 2.24) is 10.2 Å². The highest BCUT2D eigenvalue weighted by Gasteiger charge is 2.38. The molecule has 0 amide bonds. The van der Waals surface area contributed by atoms with Crippen LogP contribution in [0.3, 0.4) is 0 Å². The number of hydrogen-bond donors (Lipinski definition) is 1. The molecule has 1 aromatic carbocycles. The number of H-pyrrole nitrogens is 1. The zero-order valence-electron chi connectivity index (χ0n) is 16.7. The van der Waals surface area contributed by atoms with E-state index in [-0.39, 0.29) is 28.6 Å². The molecule has 0 fully saturated rings. The Morgan fingerprint density at radius 1 is 1.21 bits per heavy atom. The number of aromatic nitrogens is 2. The summed E-state index contributed by atoms with van der Waals surface area (Å²) < 4.78 is 69.7. The molecule has 0 radical (unpaired) electrons. The van der Waals surface area contributed by atoms with E-state index in [9.17, 15) is 21.6 Å². The summed E-state index contributed by atoms with van der Waals surface area (Å²) in [4.78, 5) is 1.62. The molecule has 158 valence electrons. The molecule has 29 heavy (non-hydrogen) atoms. The fourth-order valence-corrected chi connectivity index (χ4v) is 4.49. The number of benzene rings is 1. The molecule has 6 nitrogen and oxygen atoms in total. The number of nitrogens with zero attached hydrogens (tertiary/aromatic N) is 2. The normalized spacial score (nSPS) is 14.8. The topological polar surface area (TPSA) is 75.3 Å². The largest absolute Gasteiger partial charge is 0.495 e. The first-order valence-corrected chi connectivity index (χ1v) is 10.3. The van der Waals surface area contributed by atoms with Crippen LogP contribution < -0.4 is 9.64 Å². The fraction of sp³-hybridized carbons (Fsp3) is 0.421. The first kappa shape index (κ1) is 21.2. The molecule has 0 aliphatic carbocycles. The summed E-state index contributed by atoms with van der Waals surface area (Å²) in [6.07, 6.45) is -1.07. The van der Waals surface area contributed by atoms with Crippen LogP contribution in [0, 0.1) is 6.92 Å². The molecular formula is C19H22F3N3O3S. The molecule has 0 unspecified atom stereocenters. The molecule has 0 spiro atoms. The van der Waals surface area contributed by atoms with Crippen molar-refractivity contribution in [2.24, 2.45) is 0 Å². The summed E-state index contributed by atoms with van der Waals surface area (Å²) in [5.74, 6) is 0.250. The van der Waals surface area contributed by atoms with Gasteiger partial charge >= 0.3 is 6.18 Å². The van der Waals surface area contributed by atoms with Gasteiger partial charge in [-0.15, -0.1) is 0 Å². The minimum Gasteiger partial charge on any atom is -0.495 e. The van der Waals surface area contributed by atoms with Crippen molar-refractivity contribution in [3.8, 4) is 5.75 Å². The number of ether oxygens (including phenoxy) is 1. The standard InChI is InChI=1S/C19H22F3N3O3S/c1-11-16(19(20,21)22)23-24-17(11)25-8-6-7-12-9-15(14(28-5)10-13(12)25)29(26,27)18(2,3)4/h6-7,9-10H,8H2,1-5H3,(H,23,24). The van der Waals surface area contributed by atoms with Crippen LogP contribution >= 0.6 is 0 Å². The zero-order valence-corrected chi connectivity index (χ0v) is 17.5. The Kier molecular flexibility index (Phi) is 4.97. The van der Waals surface area contributed by atoms with Crippen molar-refractivity contribution >= 4 is 27.4 Å². The van der Waals surface area contributed by atoms with E-state index in [4.69, 9.17) is 4.74 Å². The van der Waals surface area contributed by atoms with Gasteiger partial charge in [0.2, 0.25) is 0 Å². The first-order chi connectivity index (χ1) is 13.3. The number of hydrogen-bond acceptors (Lipinski definition) is 5. The number of nitrogens with one attached hydrogen (secondary N) is 1. The number of rotatable bonds is 3. The van der Waals surface area contributed by atoms with Crippen molar-refractivity contribution < 1.29 is 26.3 Å². The highest BCUT2D eigenvalue weighted by atomic mass is 32.2. The van der Waals surface area contributed by atoms with Gasteiger partial charge in [0.1, 0.15) is 16.3 Å². The van der Waals surface area contributed by atoms with Gasteiger partial charge in [-0.05, 0) is 39.3 Å². The summed E-state index contributed by atoms with van der Waals surface area (Å²) in [5, 5.41) is 5.92. The smallest absolute Gasteiger partial charge is 0.433 e. The monoisotopic (exact) mass is 429 g/mol. The van der Waals surface area contributed by atoms with Gasteiger partial charge < -0.3 is 9.64 Å². The van der Waals surface area contributed by atoms with Gasteiger partial charge in [0.05, 0.1) is 17.5 Å². The minimum absolute atomic E-state index is 0.0347. The van der Waals surface area contributed by atoms with Crippen LogP contribution in [0.5, 0.6) is 5.75 Å². The van der Waals surface area contributed by atoms with Crippen LogP contribution in [0.2, 0.25) is 0 Å². The van der Waals surface area contributed by atoms with Crippen molar-refractivity contribution in [3.05, 3.63) is 35.0 Å². The average Bonchev–Trinajstić information content (AvgIpc) is 3.00. The molecule has 1 aliphatic rings. The number of alkyl halides is 3. The van der Waals surface area contributed by atoms with Gasteiger partial charge in [-0.1, -0.05) is 12.2 Å². The van der Waals surface area contributed by atoms with Gasteiger partial charge in [-0.25, -0.2) is 8.42 Å². The second-order valence-corrected chi connectivity index (χ2v) is 10.4. The van der Waals surface area contributed by atoms with Gasteiger partial charge in [0.15, 0.2) is 15.7 Å². The maximum atomic E-state index is 13.1. The molecule has 2 heterocycles. The third-order valence-corrected chi connectivity index (χ3v) is 7.32. The molecule has 0 saturated heterocycles. The quantitative estimate of drug-likeness (QED) is 0.779. The third-order valence-electron chi connectivity index (χ3n) is 4.81. The Morgan fingerprint density at radius 2 is 1.86 bits per heavy atom. The molecular weight excluding hydrogens is 407 g/mol. The van der Waals surface area contributed by atoms with Crippen LogP contribution in [-0.2, 0) is 16.0 Å². The summed E-state index contributed by atoms with van der Waals surface area (Å²) in [5.41, 5.74) is 0.114. The molecule has 1 aromatic heterocycles. The van der Waals surface area contributed by atoms with Crippen molar-refractivity contribution in [2.45, 2.75) is 43.5 Å². The van der Waals surface area contributed by atoms with E-state index < -0.39 is 26.5 Å². The predicted molar refractivity (Wildman–Crippen MR) is 104 cm³/mol. The Balaban J connectivity index is 2.18. The highest BCUT2D eigenvalue weighted by Crippen LogP contribution is 2.42.